The van der Waals surface area contributed by atoms with E-state index in [9.17, 15) is 14.4 Å². The molecule has 1 aromatic carbocycles. The first-order chi connectivity index (χ1) is 9.99. The maximum atomic E-state index is 11.6. The summed E-state index contributed by atoms with van der Waals surface area (Å²) in [5, 5.41) is 9.32. The SMILES string of the molecule is CCOC(=O)c1cc2ccc(OC(=O)CC(=O)O)cc2s1. The Morgan fingerprint density at radius 3 is 2.67 bits per heavy atom. The summed E-state index contributed by atoms with van der Waals surface area (Å²) in [6.45, 7) is 2.02. The molecular weight excluding hydrogens is 296 g/mol. The van der Waals surface area contributed by atoms with E-state index in [0.29, 0.717) is 11.5 Å². The molecule has 0 amide bonds. The van der Waals surface area contributed by atoms with Crippen molar-refractivity contribution in [1.29, 1.82) is 0 Å². The summed E-state index contributed by atoms with van der Waals surface area (Å²) in [6, 6.07) is 6.52. The standard InChI is InChI=1S/C14H12O6S/c1-2-19-14(18)11-5-8-3-4-9(6-10(8)21-11)20-13(17)7-12(15)16/h3-6H,2,7H2,1H3,(H,15,16). The second-order valence-corrected chi connectivity index (χ2v) is 5.16. The molecule has 0 saturated carbocycles. The van der Waals surface area contributed by atoms with Gasteiger partial charge in [-0.25, -0.2) is 4.79 Å². The van der Waals surface area contributed by atoms with Crippen LogP contribution in [0.1, 0.15) is 23.0 Å². The van der Waals surface area contributed by atoms with Crippen LogP contribution in [0.2, 0.25) is 0 Å². The first kappa shape index (κ1) is 15.0. The van der Waals surface area contributed by atoms with Gasteiger partial charge in [0.15, 0.2) is 0 Å². The zero-order chi connectivity index (χ0) is 15.4. The number of benzene rings is 1. The van der Waals surface area contributed by atoms with E-state index in [0.717, 1.165) is 10.1 Å². The lowest BCUT2D eigenvalue weighted by Gasteiger charge is -2.02. The average molecular weight is 308 g/mol. The molecular formula is C14H12O6S. The smallest absolute Gasteiger partial charge is 0.348 e. The van der Waals surface area contributed by atoms with Gasteiger partial charge < -0.3 is 14.6 Å². The number of hydrogen-bond acceptors (Lipinski definition) is 6. The molecule has 2 rings (SSSR count). The lowest BCUT2D eigenvalue weighted by Crippen LogP contribution is -2.13. The number of esters is 2. The van der Waals surface area contributed by atoms with Gasteiger partial charge in [0, 0.05) is 4.70 Å². The number of hydrogen-bond donors (Lipinski definition) is 1. The van der Waals surface area contributed by atoms with Crippen molar-refractivity contribution in [2.24, 2.45) is 0 Å². The van der Waals surface area contributed by atoms with Crippen molar-refractivity contribution in [3.05, 3.63) is 29.1 Å². The molecule has 0 unspecified atom stereocenters. The van der Waals surface area contributed by atoms with Gasteiger partial charge in [-0.05, 0) is 36.6 Å². The monoisotopic (exact) mass is 308 g/mol. The minimum Gasteiger partial charge on any atom is -0.481 e. The van der Waals surface area contributed by atoms with Gasteiger partial charge >= 0.3 is 17.9 Å². The summed E-state index contributed by atoms with van der Waals surface area (Å²) < 4.78 is 10.6. The third-order valence-electron chi connectivity index (χ3n) is 2.50. The Labute approximate surface area is 123 Å². The van der Waals surface area contributed by atoms with Crippen molar-refractivity contribution in [2.45, 2.75) is 13.3 Å². The fraction of sp³-hybridized carbons (Fsp3) is 0.214. The number of fused-ring (bicyclic) bond motifs is 1. The quantitative estimate of drug-likeness (QED) is 0.518. The molecule has 6 nitrogen and oxygen atoms in total. The van der Waals surface area contributed by atoms with Crippen molar-refractivity contribution < 1.29 is 29.0 Å². The van der Waals surface area contributed by atoms with Crippen LogP contribution in [0.15, 0.2) is 24.3 Å². The Bertz CT molecular complexity index is 703. The van der Waals surface area contributed by atoms with Crippen LogP contribution in [-0.4, -0.2) is 29.6 Å². The number of carbonyl (C=O) groups is 3. The van der Waals surface area contributed by atoms with E-state index in [1.807, 2.05) is 0 Å². The van der Waals surface area contributed by atoms with Crippen LogP contribution in [0.25, 0.3) is 10.1 Å². The number of rotatable bonds is 5. The minimum absolute atomic E-state index is 0.242. The zero-order valence-electron chi connectivity index (χ0n) is 11.1. The molecule has 0 aliphatic heterocycles. The van der Waals surface area contributed by atoms with Crippen LogP contribution in [-0.2, 0) is 14.3 Å². The van der Waals surface area contributed by atoms with Crippen LogP contribution >= 0.6 is 11.3 Å². The molecule has 0 radical (unpaired) electrons. The van der Waals surface area contributed by atoms with Crippen LogP contribution in [0.4, 0.5) is 0 Å². The average Bonchev–Trinajstić information content (AvgIpc) is 2.81. The van der Waals surface area contributed by atoms with Crippen molar-refractivity contribution in [3.63, 3.8) is 0 Å². The Morgan fingerprint density at radius 2 is 2.00 bits per heavy atom. The van der Waals surface area contributed by atoms with E-state index in [2.05, 4.69) is 0 Å². The third-order valence-corrected chi connectivity index (χ3v) is 3.57. The normalized spacial score (nSPS) is 10.3. The Morgan fingerprint density at radius 1 is 1.24 bits per heavy atom. The fourth-order valence-corrected chi connectivity index (χ4v) is 2.65. The van der Waals surface area contributed by atoms with Gasteiger partial charge in [-0.2, -0.15) is 0 Å². The first-order valence-corrected chi connectivity index (χ1v) is 6.94. The minimum atomic E-state index is -1.25. The molecule has 7 heteroatoms. The highest BCUT2D eigenvalue weighted by Gasteiger charge is 2.13. The molecule has 2 aromatic rings. The molecule has 0 aliphatic rings. The summed E-state index contributed by atoms with van der Waals surface area (Å²) in [4.78, 5) is 33.8. The first-order valence-electron chi connectivity index (χ1n) is 6.12. The van der Waals surface area contributed by atoms with Gasteiger partial charge in [-0.15, -0.1) is 11.3 Å². The molecule has 1 aromatic heterocycles. The highest BCUT2D eigenvalue weighted by atomic mass is 32.1. The molecule has 0 spiro atoms. The van der Waals surface area contributed by atoms with Gasteiger partial charge in [0.25, 0.3) is 0 Å². The van der Waals surface area contributed by atoms with Crippen LogP contribution in [0, 0.1) is 0 Å². The van der Waals surface area contributed by atoms with E-state index in [4.69, 9.17) is 14.6 Å². The van der Waals surface area contributed by atoms with Crippen molar-refractivity contribution >= 4 is 39.3 Å². The predicted octanol–water partition coefficient (Wildman–Crippen LogP) is 2.46. The van der Waals surface area contributed by atoms with Crippen LogP contribution in [0.5, 0.6) is 5.75 Å². The zero-order valence-corrected chi connectivity index (χ0v) is 11.9. The van der Waals surface area contributed by atoms with E-state index >= 15 is 0 Å². The lowest BCUT2D eigenvalue weighted by molar-refractivity contribution is -0.145. The fourth-order valence-electron chi connectivity index (χ4n) is 1.67. The number of ether oxygens (including phenoxy) is 2. The van der Waals surface area contributed by atoms with E-state index < -0.39 is 24.3 Å². The van der Waals surface area contributed by atoms with E-state index in [1.165, 1.54) is 11.3 Å². The molecule has 21 heavy (non-hydrogen) atoms. The third kappa shape index (κ3) is 3.79. The van der Waals surface area contributed by atoms with E-state index in [1.54, 1.807) is 31.2 Å². The highest BCUT2D eigenvalue weighted by Crippen LogP contribution is 2.29. The molecule has 0 bridgehead atoms. The Kier molecular flexibility index (Phi) is 4.54. The largest absolute Gasteiger partial charge is 0.481 e. The van der Waals surface area contributed by atoms with Gasteiger partial charge in [-0.1, -0.05) is 0 Å². The topological polar surface area (TPSA) is 89.9 Å². The van der Waals surface area contributed by atoms with Crippen molar-refractivity contribution in [3.8, 4) is 5.75 Å². The summed E-state index contributed by atoms with van der Waals surface area (Å²) in [6.07, 6.45) is -0.698. The highest BCUT2D eigenvalue weighted by molar-refractivity contribution is 7.20. The number of aliphatic carboxylic acids is 1. The number of thiophene rings is 1. The molecule has 0 atom stereocenters. The summed E-state index contributed by atoms with van der Waals surface area (Å²) in [5.74, 6) is -2.25. The van der Waals surface area contributed by atoms with Gasteiger partial charge in [-0.3, -0.25) is 9.59 Å². The van der Waals surface area contributed by atoms with Gasteiger partial charge in [0.2, 0.25) is 0 Å². The second-order valence-electron chi connectivity index (χ2n) is 4.08. The predicted molar refractivity (Wildman–Crippen MR) is 75.7 cm³/mol. The molecule has 0 aliphatic carbocycles. The van der Waals surface area contributed by atoms with Crippen LogP contribution in [0.3, 0.4) is 0 Å². The van der Waals surface area contributed by atoms with Crippen molar-refractivity contribution in [1.82, 2.24) is 0 Å². The summed E-state index contributed by atoms with van der Waals surface area (Å²) in [5.41, 5.74) is 0. The molecule has 110 valence electrons. The Balaban J connectivity index is 2.19. The number of carbonyl (C=O) groups excluding carboxylic acids is 2. The maximum Gasteiger partial charge on any atom is 0.348 e. The number of carboxylic acids is 1. The molecule has 0 fully saturated rings. The maximum absolute atomic E-state index is 11.6. The molecule has 1 N–H and O–H groups in total. The van der Waals surface area contributed by atoms with E-state index in [-0.39, 0.29) is 5.75 Å². The molecule has 0 saturated heterocycles. The van der Waals surface area contributed by atoms with Crippen molar-refractivity contribution in [2.75, 3.05) is 6.61 Å². The second kappa shape index (κ2) is 6.36. The van der Waals surface area contributed by atoms with Crippen LogP contribution < -0.4 is 4.74 Å². The lowest BCUT2D eigenvalue weighted by atomic mass is 10.2. The summed E-state index contributed by atoms with van der Waals surface area (Å²) in [7, 11) is 0. The summed E-state index contributed by atoms with van der Waals surface area (Å²) >= 11 is 1.22. The number of carboxylic acid groups (broad SMARTS) is 1. The van der Waals surface area contributed by atoms with Gasteiger partial charge in [0.05, 0.1) is 6.61 Å². The molecule has 1 heterocycles. The van der Waals surface area contributed by atoms with Gasteiger partial charge in [0.1, 0.15) is 17.0 Å². The Hall–Kier alpha value is -2.41.